The van der Waals surface area contributed by atoms with Gasteiger partial charge in [-0.2, -0.15) is 0 Å². The second kappa shape index (κ2) is 3.87. The summed E-state index contributed by atoms with van der Waals surface area (Å²) in [5.41, 5.74) is 0. The molecule has 3 unspecified atom stereocenters. The van der Waals surface area contributed by atoms with Crippen LogP contribution in [0, 0.1) is 5.92 Å². The van der Waals surface area contributed by atoms with Crippen molar-refractivity contribution in [3.05, 3.63) is 0 Å². The summed E-state index contributed by atoms with van der Waals surface area (Å²) in [4.78, 5) is 10.6. The van der Waals surface area contributed by atoms with Crippen molar-refractivity contribution in [3.8, 4) is 0 Å². The maximum Gasteiger partial charge on any atom is 0.309 e. The number of hydrogen-bond donors (Lipinski definition) is 1. The van der Waals surface area contributed by atoms with Crippen LogP contribution in [0.25, 0.3) is 0 Å². The maximum atomic E-state index is 10.6. The molecule has 12 heavy (non-hydrogen) atoms. The number of carboxylic acid groups (broad SMARTS) is 1. The highest BCUT2D eigenvalue weighted by molar-refractivity contribution is 5.71. The third-order valence-corrected chi connectivity index (χ3v) is 2.16. The summed E-state index contributed by atoms with van der Waals surface area (Å²) in [5.74, 6) is -1.15. The van der Waals surface area contributed by atoms with Gasteiger partial charge in [0.25, 0.3) is 0 Å². The number of methoxy groups -OCH3 is 1. The molecule has 0 amide bonds. The summed E-state index contributed by atoms with van der Waals surface area (Å²) in [6.07, 6.45) is 0.318. The van der Waals surface area contributed by atoms with Gasteiger partial charge in [0.15, 0.2) is 0 Å². The summed E-state index contributed by atoms with van der Waals surface area (Å²) < 4.78 is 10.3. The van der Waals surface area contributed by atoms with Crippen molar-refractivity contribution in [1.29, 1.82) is 0 Å². The van der Waals surface area contributed by atoms with Crippen LogP contribution in [0.2, 0.25) is 0 Å². The van der Waals surface area contributed by atoms with E-state index in [2.05, 4.69) is 0 Å². The quantitative estimate of drug-likeness (QED) is 0.677. The van der Waals surface area contributed by atoms with Gasteiger partial charge in [-0.05, 0) is 13.3 Å². The molecule has 1 fully saturated rings. The smallest absolute Gasteiger partial charge is 0.309 e. The lowest BCUT2D eigenvalue weighted by molar-refractivity contribution is -0.143. The number of ether oxygens (including phenoxy) is 2. The van der Waals surface area contributed by atoms with E-state index in [1.807, 2.05) is 0 Å². The van der Waals surface area contributed by atoms with Crippen molar-refractivity contribution in [2.75, 3.05) is 13.7 Å². The molecule has 70 valence electrons. The molecule has 0 aromatic rings. The molecule has 1 aliphatic heterocycles. The minimum Gasteiger partial charge on any atom is -0.481 e. The molecule has 1 N–H and O–H groups in total. The van der Waals surface area contributed by atoms with Crippen LogP contribution in [0.15, 0.2) is 0 Å². The molecule has 0 spiro atoms. The highest BCUT2D eigenvalue weighted by atomic mass is 16.5. The van der Waals surface area contributed by atoms with Gasteiger partial charge in [0.05, 0.1) is 24.7 Å². The predicted octanol–water partition coefficient (Wildman–Crippen LogP) is 0.511. The lowest BCUT2D eigenvalue weighted by Gasteiger charge is -2.08. The van der Waals surface area contributed by atoms with E-state index in [0.29, 0.717) is 13.0 Å². The molecule has 0 aliphatic carbocycles. The van der Waals surface area contributed by atoms with Crippen LogP contribution in [-0.4, -0.2) is 37.0 Å². The van der Waals surface area contributed by atoms with Gasteiger partial charge < -0.3 is 14.6 Å². The fourth-order valence-corrected chi connectivity index (χ4v) is 1.52. The van der Waals surface area contributed by atoms with Gasteiger partial charge in [-0.1, -0.05) is 0 Å². The average molecular weight is 174 g/mol. The van der Waals surface area contributed by atoms with Crippen molar-refractivity contribution in [1.82, 2.24) is 0 Å². The van der Waals surface area contributed by atoms with Crippen LogP contribution in [0.1, 0.15) is 13.3 Å². The molecular weight excluding hydrogens is 160 g/mol. The standard InChI is InChI=1S/C8H14O4/c1-5-7(8(9)10)3-6(12-5)4-11-2/h5-7H,3-4H2,1-2H3,(H,9,10). The van der Waals surface area contributed by atoms with E-state index in [9.17, 15) is 4.79 Å². The second-order valence-corrected chi connectivity index (χ2v) is 3.10. The van der Waals surface area contributed by atoms with Crippen LogP contribution >= 0.6 is 0 Å². The minimum absolute atomic E-state index is 0.0499. The summed E-state index contributed by atoms with van der Waals surface area (Å²) in [6, 6.07) is 0. The first-order valence-electron chi connectivity index (χ1n) is 4.02. The molecule has 0 saturated carbocycles. The Bertz CT molecular complexity index is 168. The number of aliphatic carboxylic acids is 1. The van der Waals surface area contributed by atoms with Crippen LogP contribution in [0.3, 0.4) is 0 Å². The largest absolute Gasteiger partial charge is 0.481 e. The Morgan fingerprint density at radius 2 is 2.42 bits per heavy atom. The lowest BCUT2D eigenvalue weighted by Crippen LogP contribution is -2.20. The number of carboxylic acids is 1. The van der Waals surface area contributed by atoms with E-state index in [1.54, 1.807) is 14.0 Å². The Morgan fingerprint density at radius 1 is 1.75 bits per heavy atom. The maximum absolute atomic E-state index is 10.6. The van der Waals surface area contributed by atoms with E-state index in [-0.39, 0.29) is 18.1 Å². The van der Waals surface area contributed by atoms with E-state index in [0.717, 1.165) is 0 Å². The van der Waals surface area contributed by atoms with Gasteiger partial charge in [0.2, 0.25) is 0 Å². The van der Waals surface area contributed by atoms with Crippen LogP contribution < -0.4 is 0 Å². The Labute approximate surface area is 71.5 Å². The summed E-state index contributed by atoms with van der Waals surface area (Å²) in [5, 5.41) is 8.75. The Hall–Kier alpha value is -0.610. The number of hydrogen-bond acceptors (Lipinski definition) is 3. The van der Waals surface area contributed by atoms with Gasteiger partial charge in [0, 0.05) is 7.11 Å². The molecule has 0 bridgehead atoms. The molecule has 1 aliphatic rings. The molecule has 4 heteroatoms. The topological polar surface area (TPSA) is 55.8 Å². The molecule has 0 radical (unpaired) electrons. The van der Waals surface area contributed by atoms with Gasteiger partial charge in [0.1, 0.15) is 0 Å². The molecule has 1 saturated heterocycles. The third-order valence-electron chi connectivity index (χ3n) is 2.16. The van der Waals surface area contributed by atoms with E-state index >= 15 is 0 Å². The molecule has 3 atom stereocenters. The highest BCUT2D eigenvalue weighted by Gasteiger charge is 2.36. The first-order valence-corrected chi connectivity index (χ1v) is 4.02. The molecule has 1 heterocycles. The van der Waals surface area contributed by atoms with E-state index < -0.39 is 5.97 Å². The lowest BCUT2D eigenvalue weighted by atomic mass is 10.0. The zero-order valence-electron chi connectivity index (χ0n) is 7.32. The van der Waals surface area contributed by atoms with Crippen LogP contribution in [-0.2, 0) is 14.3 Å². The molecular formula is C8H14O4. The zero-order valence-corrected chi connectivity index (χ0v) is 7.32. The van der Waals surface area contributed by atoms with Gasteiger partial charge >= 0.3 is 5.97 Å². The first kappa shape index (κ1) is 9.48. The summed E-state index contributed by atoms with van der Waals surface area (Å²) >= 11 is 0. The van der Waals surface area contributed by atoms with Crippen molar-refractivity contribution >= 4 is 5.97 Å². The zero-order chi connectivity index (χ0) is 9.14. The Morgan fingerprint density at radius 3 is 2.83 bits per heavy atom. The van der Waals surface area contributed by atoms with Crippen molar-refractivity contribution in [3.63, 3.8) is 0 Å². The Kier molecular flexibility index (Phi) is 3.05. The predicted molar refractivity (Wildman–Crippen MR) is 42.0 cm³/mol. The molecule has 1 rings (SSSR count). The third kappa shape index (κ3) is 1.95. The van der Waals surface area contributed by atoms with Gasteiger partial charge in [-0.25, -0.2) is 0 Å². The van der Waals surface area contributed by atoms with Gasteiger partial charge in [-0.3, -0.25) is 4.79 Å². The average Bonchev–Trinajstić information content (AvgIpc) is 2.32. The molecule has 4 nitrogen and oxygen atoms in total. The Balaban J connectivity index is 2.44. The minimum atomic E-state index is -0.777. The molecule has 0 aromatic carbocycles. The van der Waals surface area contributed by atoms with Crippen LogP contribution in [0.4, 0.5) is 0 Å². The molecule has 0 aromatic heterocycles. The number of carbonyl (C=O) groups is 1. The van der Waals surface area contributed by atoms with E-state index in [1.165, 1.54) is 0 Å². The van der Waals surface area contributed by atoms with Gasteiger partial charge in [-0.15, -0.1) is 0 Å². The highest BCUT2D eigenvalue weighted by Crippen LogP contribution is 2.26. The number of rotatable bonds is 3. The van der Waals surface area contributed by atoms with E-state index in [4.69, 9.17) is 14.6 Å². The SMILES string of the molecule is COCC1CC(C(=O)O)C(C)O1. The normalized spacial score (nSPS) is 35.3. The first-order chi connectivity index (χ1) is 5.65. The van der Waals surface area contributed by atoms with Crippen molar-refractivity contribution in [2.45, 2.75) is 25.6 Å². The van der Waals surface area contributed by atoms with Crippen molar-refractivity contribution in [2.24, 2.45) is 5.92 Å². The summed E-state index contributed by atoms with van der Waals surface area (Å²) in [7, 11) is 1.59. The van der Waals surface area contributed by atoms with Crippen molar-refractivity contribution < 1.29 is 19.4 Å². The summed E-state index contributed by atoms with van der Waals surface area (Å²) in [6.45, 7) is 2.27. The van der Waals surface area contributed by atoms with Crippen LogP contribution in [0.5, 0.6) is 0 Å². The second-order valence-electron chi connectivity index (χ2n) is 3.10. The monoisotopic (exact) mass is 174 g/mol. The fraction of sp³-hybridized carbons (Fsp3) is 0.875. The fourth-order valence-electron chi connectivity index (χ4n) is 1.52.